The van der Waals surface area contributed by atoms with E-state index in [9.17, 15) is 0 Å². The largest absolute Gasteiger partial charge is 0.378 e. The van der Waals surface area contributed by atoms with Crippen molar-refractivity contribution in [2.45, 2.75) is 4.90 Å². The van der Waals surface area contributed by atoms with Crippen molar-refractivity contribution in [3.63, 3.8) is 0 Å². The molecule has 31 heavy (non-hydrogen) atoms. The van der Waals surface area contributed by atoms with Gasteiger partial charge in [-0.25, -0.2) is 4.99 Å². The molecule has 1 aliphatic heterocycles. The molecular weight excluding hydrogens is 436 g/mol. The molecule has 4 rings (SSSR count). The van der Waals surface area contributed by atoms with Crippen LogP contribution in [-0.4, -0.2) is 24.5 Å². The van der Waals surface area contributed by atoms with E-state index in [-0.39, 0.29) is 0 Å². The quantitative estimate of drug-likeness (QED) is 0.645. The third-order valence-corrected chi connectivity index (χ3v) is 5.40. The number of fused-ring (bicyclic) bond motifs is 1. The molecule has 0 atom stereocenters. The molecule has 3 aromatic carbocycles. The van der Waals surface area contributed by atoms with Crippen molar-refractivity contribution >= 4 is 34.9 Å². The number of hydrogen-bond acceptors (Lipinski definition) is 7. The number of allylic oxidation sites excluding steroid dienone is 1. The van der Waals surface area contributed by atoms with Gasteiger partial charge in [-0.3, -0.25) is 0 Å². The van der Waals surface area contributed by atoms with Gasteiger partial charge in [0, 0.05) is 35.1 Å². The van der Waals surface area contributed by atoms with E-state index in [1.807, 2.05) is 12.1 Å². The Morgan fingerprint density at radius 3 is 2.06 bits per heavy atom. The van der Waals surface area contributed by atoms with E-state index in [0.717, 1.165) is 17.0 Å². The van der Waals surface area contributed by atoms with Crippen LogP contribution in [0.15, 0.2) is 93.7 Å². The summed E-state index contributed by atoms with van der Waals surface area (Å²) < 4.78 is 32.7. The van der Waals surface area contributed by atoms with E-state index in [0.29, 0.717) is 0 Å². The average molecular weight is 457 g/mol. The molecule has 0 amide bonds. The standard InChI is InChI=1S/C23H20N2S.ClHO4/c1-25(2)19-14-12-17(13-15-19)16-22-23(18-8-4-3-5-9-18)24-20-10-6-7-11-21(20)26-22;2-1(3,4)5/h3-16H,1-2H3;(H,2,3,4,5)/b22-16-;. The van der Waals surface area contributed by atoms with Gasteiger partial charge in [0.1, 0.15) is 0 Å². The van der Waals surface area contributed by atoms with Crippen LogP contribution in [0.25, 0.3) is 6.08 Å². The first kappa shape index (κ1) is 23.0. The molecule has 0 spiro atoms. The number of anilines is 1. The first-order chi connectivity index (χ1) is 14.7. The highest BCUT2D eigenvalue weighted by Crippen LogP contribution is 2.42. The van der Waals surface area contributed by atoms with Gasteiger partial charge in [-0.15, -0.1) is 0 Å². The summed E-state index contributed by atoms with van der Waals surface area (Å²) in [6.45, 7) is 0. The van der Waals surface area contributed by atoms with E-state index >= 15 is 0 Å². The van der Waals surface area contributed by atoms with Gasteiger partial charge in [0.15, 0.2) is 0 Å². The Morgan fingerprint density at radius 2 is 1.45 bits per heavy atom. The zero-order valence-electron chi connectivity index (χ0n) is 16.9. The number of hydrogen-bond donors (Lipinski definition) is 1. The predicted molar refractivity (Wildman–Crippen MR) is 116 cm³/mol. The molecule has 0 aliphatic carbocycles. The summed E-state index contributed by atoms with van der Waals surface area (Å²) in [4.78, 5) is 9.44. The Labute approximate surface area is 187 Å². The van der Waals surface area contributed by atoms with Gasteiger partial charge in [0.25, 0.3) is 0 Å². The topological polar surface area (TPSA) is 105 Å². The Hall–Kier alpha value is -2.65. The van der Waals surface area contributed by atoms with Gasteiger partial charge in [0.05, 0.1) is 26.3 Å². The fourth-order valence-electron chi connectivity index (χ4n) is 2.90. The number of nitrogens with zero attached hydrogens (tertiary/aromatic N) is 2. The Kier molecular flexibility index (Phi) is 7.50. The van der Waals surface area contributed by atoms with Crippen LogP contribution < -0.4 is 18.9 Å². The van der Waals surface area contributed by atoms with Crippen molar-refractivity contribution in [2.75, 3.05) is 19.0 Å². The molecule has 0 aromatic heterocycles. The highest BCUT2D eigenvalue weighted by Gasteiger charge is 2.19. The van der Waals surface area contributed by atoms with Gasteiger partial charge >= 0.3 is 0 Å². The first-order valence-electron chi connectivity index (χ1n) is 9.24. The summed E-state index contributed by atoms with van der Waals surface area (Å²) in [5, 5.41) is 0. The minimum atomic E-state index is -4.69. The maximum atomic E-state index is 8.60. The van der Waals surface area contributed by atoms with Crippen LogP contribution in [0.3, 0.4) is 0 Å². The van der Waals surface area contributed by atoms with E-state index in [1.165, 1.54) is 21.1 Å². The molecule has 0 fully saturated rings. The van der Waals surface area contributed by atoms with Crippen molar-refractivity contribution in [1.29, 1.82) is 0 Å². The number of para-hydroxylation sites is 1. The van der Waals surface area contributed by atoms with Gasteiger partial charge in [0.2, 0.25) is 0 Å². The third-order valence-electron chi connectivity index (χ3n) is 4.31. The lowest BCUT2D eigenvalue weighted by Crippen LogP contribution is -2.58. The summed E-state index contributed by atoms with van der Waals surface area (Å²) in [5.74, 6) is 0. The normalized spacial score (nSPS) is 14.3. The Balaban J connectivity index is 0.000000491. The monoisotopic (exact) mass is 456 g/mol. The number of aliphatic imine (C=N–C) groups is 1. The first-order valence-corrected chi connectivity index (χ1v) is 11.3. The number of thioether (sulfide) groups is 1. The molecule has 8 heteroatoms. The fourth-order valence-corrected chi connectivity index (χ4v) is 3.96. The molecule has 1 heterocycles. The van der Waals surface area contributed by atoms with Crippen LogP contribution in [0.4, 0.5) is 11.4 Å². The summed E-state index contributed by atoms with van der Waals surface area (Å²) in [5.41, 5.74) is 5.60. The van der Waals surface area contributed by atoms with Gasteiger partial charge in [-0.1, -0.05) is 66.4 Å². The van der Waals surface area contributed by atoms with Gasteiger partial charge in [-0.2, -0.15) is 14.0 Å². The van der Waals surface area contributed by atoms with E-state index in [4.69, 9.17) is 23.6 Å². The number of halogens is 1. The number of rotatable bonds is 3. The van der Waals surface area contributed by atoms with Crippen LogP contribution >= 0.6 is 11.8 Å². The van der Waals surface area contributed by atoms with Crippen LogP contribution in [0.1, 0.15) is 11.1 Å². The van der Waals surface area contributed by atoms with Crippen molar-refractivity contribution in [1.82, 2.24) is 0 Å². The van der Waals surface area contributed by atoms with Gasteiger partial charge in [-0.05, 0) is 35.9 Å². The van der Waals surface area contributed by atoms with Crippen molar-refractivity contribution in [3.8, 4) is 0 Å². The zero-order valence-corrected chi connectivity index (χ0v) is 18.5. The highest BCUT2D eigenvalue weighted by molar-refractivity contribution is 8.04. The number of benzene rings is 3. The van der Waals surface area contributed by atoms with Crippen molar-refractivity contribution < 1.29 is 28.9 Å². The highest BCUT2D eigenvalue weighted by atomic mass is 35.7. The third kappa shape index (κ3) is 6.93. The van der Waals surface area contributed by atoms with Gasteiger partial charge < -0.3 is 4.90 Å². The molecule has 6 nitrogen and oxygen atoms in total. The smallest absolute Gasteiger partial charge is 0.0849 e. The summed E-state index contributed by atoms with van der Waals surface area (Å²) >= 11 is 1.79. The molecule has 3 aromatic rings. The zero-order chi connectivity index (χ0) is 22.4. The SMILES string of the molecule is CN(C)c1ccc(/C=C2\Sc3ccccc3N=C2c2ccccc2)cc1.[O-][Cl+3]([O-])([O-])O. The Bertz CT molecular complexity index is 1070. The van der Waals surface area contributed by atoms with E-state index < -0.39 is 10.2 Å². The second-order valence-electron chi connectivity index (χ2n) is 6.79. The molecule has 1 aliphatic rings. The lowest BCUT2D eigenvalue weighted by atomic mass is 10.1. The molecular formula is C23H21ClN2O4S. The summed E-state index contributed by atoms with van der Waals surface area (Å²) in [6, 6.07) is 27.3. The maximum Gasteiger partial charge on any atom is 0.0849 e. The van der Waals surface area contributed by atoms with Crippen LogP contribution in [0.5, 0.6) is 0 Å². The molecule has 0 unspecified atom stereocenters. The van der Waals surface area contributed by atoms with E-state index in [1.54, 1.807) is 11.8 Å². The fraction of sp³-hybridized carbons (Fsp3) is 0.0870. The van der Waals surface area contributed by atoms with Crippen LogP contribution in [-0.2, 0) is 0 Å². The minimum Gasteiger partial charge on any atom is -0.378 e. The van der Waals surface area contributed by atoms with E-state index in [2.05, 4.69) is 91.8 Å². The molecule has 160 valence electrons. The molecule has 1 N–H and O–H groups in total. The predicted octanol–water partition coefficient (Wildman–Crippen LogP) is 1.90. The Morgan fingerprint density at radius 1 is 0.871 bits per heavy atom. The maximum absolute atomic E-state index is 8.60. The van der Waals surface area contributed by atoms with Crippen molar-refractivity contribution in [3.05, 3.63) is 94.9 Å². The molecule has 0 saturated carbocycles. The lowest BCUT2D eigenvalue weighted by Gasteiger charge is -2.19. The van der Waals surface area contributed by atoms with Crippen molar-refractivity contribution in [2.24, 2.45) is 4.99 Å². The minimum absolute atomic E-state index is 1.03. The average Bonchev–Trinajstić information content (AvgIpc) is 2.73. The lowest BCUT2D eigenvalue weighted by molar-refractivity contribution is -1.92. The van der Waals surface area contributed by atoms with Crippen LogP contribution in [0, 0.1) is 10.2 Å². The molecule has 0 saturated heterocycles. The molecule has 0 radical (unpaired) electrons. The second kappa shape index (κ2) is 10.1. The summed E-state index contributed by atoms with van der Waals surface area (Å²) in [7, 11) is -0.580. The summed E-state index contributed by atoms with van der Waals surface area (Å²) in [6.07, 6.45) is 2.23. The second-order valence-corrected chi connectivity index (χ2v) is 8.66. The van der Waals surface area contributed by atoms with Crippen LogP contribution in [0.2, 0.25) is 0 Å². The molecule has 0 bridgehead atoms.